The topological polar surface area (TPSA) is 145 Å². The lowest BCUT2D eigenvalue weighted by molar-refractivity contribution is -0.141. The molecule has 0 saturated heterocycles. The molecule has 0 saturated carbocycles. The van der Waals surface area contributed by atoms with E-state index in [0.717, 1.165) is 6.92 Å². The van der Waals surface area contributed by atoms with Gasteiger partial charge in [0.25, 0.3) is 0 Å². The van der Waals surface area contributed by atoms with Crippen molar-refractivity contribution in [2.45, 2.75) is 45.4 Å². The van der Waals surface area contributed by atoms with Gasteiger partial charge in [0.2, 0.25) is 0 Å². The third kappa shape index (κ3) is 8.35. The van der Waals surface area contributed by atoms with Crippen LogP contribution in [0.4, 0.5) is 4.79 Å². The van der Waals surface area contributed by atoms with Crippen LogP contribution in [-0.2, 0) is 24.0 Å². The van der Waals surface area contributed by atoms with Crippen LogP contribution in [0, 0.1) is 0 Å². The van der Waals surface area contributed by atoms with Crippen molar-refractivity contribution in [2.24, 2.45) is 5.14 Å². The summed E-state index contributed by atoms with van der Waals surface area (Å²) in [5.41, 5.74) is -0.822. The first kappa shape index (κ1) is 17.6. The smallest absolute Gasteiger partial charge is 0.408 e. The maximum Gasteiger partial charge on any atom is 0.408 e. The molecule has 0 aromatic heterocycles. The Labute approximate surface area is 111 Å². The van der Waals surface area contributed by atoms with Crippen molar-refractivity contribution in [2.75, 3.05) is 0 Å². The molecule has 0 bridgehead atoms. The van der Waals surface area contributed by atoms with E-state index in [1.165, 1.54) is 0 Å². The molecule has 0 aliphatic heterocycles. The van der Waals surface area contributed by atoms with Crippen LogP contribution >= 0.6 is 0 Å². The van der Waals surface area contributed by atoms with Gasteiger partial charge in [0.15, 0.2) is 6.04 Å². The highest BCUT2D eigenvalue weighted by molar-refractivity contribution is 7.84. The molecule has 19 heavy (non-hydrogen) atoms. The molecular formula is C9H18N2O7S. The summed E-state index contributed by atoms with van der Waals surface area (Å²) in [7, 11) is -4.33. The zero-order valence-corrected chi connectivity index (χ0v) is 11.9. The Balaban J connectivity index is 4.76. The van der Waals surface area contributed by atoms with E-state index in [9.17, 15) is 18.0 Å². The van der Waals surface area contributed by atoms with Crippen LogP contribution in [0.1, 0.15) is 27.7 Å². The fraction of sp³-hybridized carbons (Fsp3) is 0.778. The van der Waals surface area contributed by atoms with E-state index in [-0.39, 0.29) is 0 Å². The standard InChI is InChI=1S/C9H18N2O7S/c1-5(18-19(10,15)16)6(7(12)13)11-8(14)17-9(2,3)4/h5-6H,1-4H3,(H,11,14)(H,12,13)(H2,10,15,16)/t5-,6-/m0/s1. The van der Waals surface area contributed by atoms with Gasteiger partial charge in [-0.05, 0) is 27.7 Å². The zero-order chi connectivity index (χ0) is 15.4. The van der Waals surface area contributed by atoms with Gasteiger partial charge < -0.3 is 15.2 Å². The van der Waals surface area contributed by atoms with E-state index in [1.807, 2.05) is 5.32 Å². The maximum absolute atomic E-state index is 11.4. The summed E-state index contributed by atoms with van der Waals surface area (Å²) in [4.78, 5) is 22.4. The minimum Gasteiger partial charge on any atom is -0.480 e. The summed E-state index contributed by atoms with van der Waals surface area (Å²) in [6.07, 6.45) is -2.40. The second kappa shape index (κ2) is 6.17. The Bertz CT molecular complexity index is 440. The number of hydrogen-bond acceptors (Lipinski definition) is 6. The number of nitrogens with one attached hydrogen (secondary N) is 1. The molecular weight excluding hydrogens is 280 g/mol. The highest BCUT2D eigenvalue weighted by Gasteiger charge is 2.31. The Kier molecular flexibility index (Phi) is 5.72. The zero-order valence-electron chi connectivity index (χ0n) is 11.0. The second-order valence-electron chi connectivity index (χ2n) is 4.76. The first-order valence-corrected chi connectivity index (χ1v) is 6.72. The molecule has 0 heterocycles. The number of alkyl carbamates (subject to hydrolysis) is 1. The molecule has 0 spiro atoms. The van der Waals surface area contributed by atoms with E-state index < -0.39 is 40.1 Å². The SMILES string of the molecule is C[C@H](OS(N)(=O)=O)[C@H](NC(=O)OC(C)(C)C)C(=O)O. The van der Waals surface area contributed by atoms with E-state index in [4.69, 9.17) is 9.84 Å². The normalized spacial score (nSPS) is 15.4. The molecule has 0 aromatic carbocycles. The number of carbonyl (C=O) groups is 2. The van der Waals surface area contributed by atoms with Gasteiger partial charge in [0, 0.05) is 0 Å². The first-order chi connectivity index (χ1) is 8.32. The van der Waals surface area contributed by atoms with Crippen molar-refractivity contribution in [1.82, 2.24) is 5.32 Å². The molecule has 0 aliphatic rings. The molecule has 0 fully saturated rings. The van der Waals surface area contributed by atoms with E-state index in [1.54, 1.807) is 20.8 Å². The molecule has 2 atom stereocenters. The maximum atomic E-state index is 11.4. The van der Waals surface area contributed by atoms with Gasteiger partial charge >= 0.3 is 22.4 Å². The number of nitrogens with two attached hydrogens (primary N) is 1. The van der Waals surface area contributed by atoms with Gasteiger partial charge in [-0.25, -0.2) is 14.7 Å². The average Bonchev–Trinajstić information content (AvgIpc) is 2.07. The van der Waals surface area contributed by atoms with Crippen LogP contribution in [-0.4, -0.2) is 43.3 Å². The number of carbonyl (C=O) groups excluding carboxylic acids is 1. The lowest BCUT2D eigenvalue weighted by Crippen LogP contribution is -2.50. The van der Waals surface area contributed by atoms with Gasteiger partial charge in [-0.15, -0.1) is 0 Å². The molecule has 0 radical (unpaired) electrons. The lowest BCUT2D eigenvalue weighted by Gasteiger charge is -2.24. The molecule has 1 amide bonds. The Morgan fingerprint density at radius 3 is 2.11 bits per heavy atom. The Morgan fingerprint density at radius 1 is 1.32 bits per heavy atom. The van der Waals surface area contributed by atoms with Gasteiger partial charge in [-0.1, -0.05) is 0 Å². The van der Waals surface area contributed by atoms with Gasteiger partial charge in [0.1, 0.15) is 11.7 Å². The largest absolute Gasteiger partial charge is 0.480 e. The van der Waals surface area contributed by atoms with Crippen LogP contribution in [0.2, 0.25) is 0 Å². The quantitative estimate of drug-likeness (QED) is 0.624. The van der Waals surface area contributed by atoms with Crippen molar-refractivity contribution < 1.29 is 32.0 Å². The molecule has 4 N–H and O–H groups in total. The summed E-state index contributed by atoms with van der Waals surface area (Å²) < 4.78 is 30.5. The molecule has 10 heteroatoms. The van der Waals surface area contributed by atoms with Crippen molar-refractivity contribution in [3.8, 4) is 0 Å². The minimum absolute atomic E-state index is 0.822. The molecule has 0 aromatic rings. The number of aliphatic carboxylic acids is 1. The van der Waals surface area contributed by atoms with E-state index in [2.05, 4.69) is 9.32 Å². The minimum atomic E-state index is -4.33. The summed E-state index contributed by atoms with van der Waals surface area (Å²) in [5.74, 6) is -1.48. The van der Waals surface area contributed by atoms with Crippen LogP contribution in [0.15, 0.2) is 0 Å². The third-order valence-electron chi connectivity index (χ3n) is 1.69. The van der Waals surface area contributed by atoms with Crippen LogP contribution < -0.4 is 10.5 Å². The predicted molar refractivity (Wildman–Crippen MR) is 64.4 cm³/mol. The molecule has 0 unspecified atom stereocenters. The summed E-state index contributed by atoms with van der Waals surface area (Å²) in [6.45, 7) is 5.91. The number of ether oxygens (including phenoxy) is 1. The van der Waals surface area contributed by atoms with Crippen molar-refractivity contribution >= 4 is 22.4 Å². The highest BCUT2D eigenvalue weighted by Crippen LogP contribution is 2.08. The predicted octanol–water partition coefficient (Wildman–Crippen LogP) is -0.427. The lowest BCUT2D eigenvalue weighted by atomic mass is 10.2. The van der Waals surface area contributed by atoms with Crippen LogP contribution in [0.3, 0.4) is 0 Å². The molecule has 9 nitrogen and oxygen atoms in total. The number of carboxylic acid groups (broad SMARTS) is 1. The Hall–Kier alpha value is -1.39. The van der Waals surface area contributed by atoms with Crippen LogP contribution in [0.25, 0.3) is 0 Å². The number of rotatable bonds is 5. The second-order valence-corrected chi connectivity index (χ2v) is 5.93. The fourth-order valence-corrected chi connectivity index (χ4v) is 1.62. The van der Waals surface area contributed by atoms with Gasteiger partial charge in [0.05, 0.1) is 0 Å². The number of carboxylic acids is 1. The van der Waals surface area contributed by atoms with Crippen molar-refractivity contribution in [3.63, 3.8) is 0 Å². The van der Waals surface area contributed by atoms with Gasteiger partial charge in [-0.2, -0.15) is 8.42 Å². The van der Waals surface area contributed by atoms with Crippen molar-refractivity contribution in [3.05, 3.63) is 0 Å². The van der Waals surface area contributed by atoms with Gasteiger partial charge in [-0.3, -0.25) is 4.18 Å². The Morgan fingerprint density at radius 2 is 1.79 bits per heavy atom. The summed E-state index contributed by atoms with van der Waals surface area (Å²) in [6, 6.07) is -1.62. The molecule has 0 rings (SSSR count). The molecule has 112 valence electrons. The fourth-order valence-electron chi connectivity index (χ4n) is 1.08. The number of amides is 1. The van der Waals surface area contributed by atoms with E-state index >= 15 is 0 Å². The average molecular weight is 298 g/mol. The summed E-state index contributed by atoms with van der Waals surface area (Å²) in [5, 5.41) is 15.5. The third-order valence-corrected chi connectivity index (χ3v) is 2.27. The molecule has 0 aliphatic carbocycles. The number of hydrogen-bond donors (Lipinski definition) is 3. The van der Waals surface area contributed by atoms with Crippen molar-refractivity contribution in [1.29, 1.82) is 0 Å². The first-order valence-electron chi connectivity index (χ1n) is 5.25. The monoisotopic (exact) mass is 298 g/mol. The van der Waals surface area contributed by atoms with Crippen LogP contribution in [0.5, 0.6) is 0 Å². The highest BCUT2D eigenvalue weighted by atomic mass is 32.2. The van der Waals surface area contributed by atoms with E-state index in [0.29, 0.717) is 0 Å². The summed E-state index contributed by atoms with van der Waals surface area (Å²) >= 11 is 0.